The minimum Gasteiger partial charge on any atom is -0.350 e. The van der Waals surface area contributed by atoms with E-state index in [1.807, 2.05) is 41.8 Å². The first-order chi connectivity index (χ1) is 10.2. The lowest BCUT2D eigenvalue weighted by molar-refractivity contribution is -0.123. The zero-order chi connectivity index (χ0) is 14.7. The Morgan fingerprint density at radius 3 is 3.00 bits per heavy atom. The van der Waals surface area contributed by atoms with Crippen molar-refractivity contribution in [3.8, 4) is 0 Å². The van der Waals surface area contributed by atoms with Crippen LogP contribution in [0.25, 0.3) is 0 Å². The topological polar surface area (TPSA) is 53.2 Å². The Morgan fingerprint density at radius 2 is 2.24 bits per heavy atom. The summed E-state index contributed by atoms with van der Waals surface area (Å²) in [4.78, 5) is 13.3. The predicted octanol–water partition coefficient (Wildman–Crippen LogP) is 2.63. The Kier molecular flexibility index (Phi) is 4.55. The van der Waals surface area contributed by atoms with E-state index < -0.39 is 0 Å². The molecule has 110 valence electrons. The molecule has 1 aliphatic rings. The molecule has 2 unspecified atom stereocenters. The normalized spacial score (nSPS) is 21.4. The van der Waals surface area contributed by atoms with Gasteiger partial charge in [-0.3, -0.25) is 4.79 Å². The Balaban J connectivity index is 1.55. The highest BCUT2D eigenvalue weighted by Crippen LogP contribution is 2.24. The number of carbonyl (C=O) groups excluding carboxylic acids is 1. The molecule has 21 heavy (non-hydrogen) atoms. The van der Waals surface area contributed by atoms with E-state index in [9.17, 15) is 4.79 Å². The molecule has 2 atom stereocenters. The molecule has 1 aromatic heterocycles. The molecule has 4 nitrogen and oxygen atoms in total. The van der Waals surface area contributed by atoms with Gasteiger partial charge in [0.25, 0.3) is 0 Å². The Hall–Kier alpha value is -1.40. The molecule has 2 aromatic rings. The van der Waals surface area contributed by atoms with Gasteiger partial charge >= 0.3 is 0 Å². The highest BCUT2D eigenvalue weighted by Gasteiger charge is 2.29. The number of hydrogen-bond donors (Lipinski definition) is 3. The van der Waals surface area contributed by atoms with Crippen LogP contribution in [0.2, 0.25) is 5.02 Å². The van der Waals surface area contributed by atoms with Gasteiger partial charge in [-0.05, 0) is 35.6 Å². The van der Waals surface area contributed by atoms with Crippen molar-refractivity contribution < 1.29 is 4.79 Å². The smallest absolute Gasteiger partial charge is 0.238 e. The van der Waals surface area contributed by atoms with Gasteiger partial charge in [-0.15, -0.1) is 11.3 Å². The number of halogens is 1. The summed E-state index contributed by atoms with van der Waals surface area (Å²) in [6.45, 7) is 0.580. The van der Waals surface area contributed by atoms with E-state index in [0.717, 1.165) is 10.4 Å². The number of hydrogen-bond acceptors (Lipinski definition) is 4. The van der Waals surface area contributed by atoms with Crippen molar-refractivity contribution in [2.75, 3.05) is 0 Å². The number of hydrazine groups is 1. The fraction of sp³-hybridized carbons (Fsp3) is 0.267. The third-order valence-corrected chi connectivity index (χ3v) is 4.60. The molecule has 1 saturated heterocycles. The molecular formula is C15H16ClN3OS. The number of thiophene rings is 1. The van der Waals surface area contributed by atoms with Crippen LogP contribution in [-0.2, 0) is 11.3 Å². The van der Waals surface area contributed by atoms with Gasteiger partial charge in [0.2, 0.25) is 5.91 Å². The van der Waals surface area contributed by atoms with Crippen LogP contribution in [0.3, 0.4) is 0 Å². The lowest BCUT2D eigenvalue weighted by Crippen LogP contribution is -2.42. The van der Waals surface area contributed by atoms with Crippen LogP contribution in [0.1, 0.15) is 22.9 Å². The number of amides is 1. The highest BCUT2D eigenvalue weighted by molar-refractivity contribution is 7.09. The van der Waals surface area contributed by atoms with Gasteiger partial charge in [0, 0.05) is 15.9 Å². The molecule has 3 rings (SSSR count). The van der Waals surface area contributed by atoms with E-state index in [1.165, 1.54) is 0 Å². The van der Waals surface area contributed by atoms with Crippen molar-refractivity contribution in [2.24, 2.45) is 0 Å². The molecular weight excluding hydrogens is 306 g/mol. The van der Waals surface area contributed by atoms with Gasteiger partial charge in [0.15, 0.2) is 0 Å². The highest BCUT2D eigenvalue weighted by atomic mass is 35.5. The van der Waals surface area contributed by atoms with E-state index in [4.69, 9.17) is 11.6 Å². The van der Waals surface area contributed by atoms with Crippen molar-refractivity contribution >= 4 is 28.8 Å². The standard InChI is InChI=1S/C15H16ClN3OS/c16-11-4-1-3-10(7-11)13-8-14(19-18-13)15(20)17-9-12-5-2-6-21-12/h1-7,13-14,18-19H,8-9H2,(H,17,20). The van der Waals surface area contributed by atoms with Crippen LogP contribution < -0.4 is 16.2 Å². The van der Waals surface area contributed by atoms with Crippen molar-refractivity contribution in [2.45, 2.75) is 25.0 Å². The quantitative estimate of drug-likeness (QED) is 0.811. The van der Waals surface area contributed by atoms with E-state index in [0.29, 0.717) is 18.0 Å². The van der Waals surface area contributed by atoms with Crippen molar-refractivity contribution in [1.82, 2.24) is 16.2 Å². The zero-order valence-corrected chi connectivity index (χ0v) is 12.9. The molecule has 0 spiro atoms. The predicted molar refractivity (Wildman–Crippen MR) is 85.0 cm³/mol. The fourth-order valence-electron chi connectivity index (χ4n) is 2.38. The minimum absolute atomic E-state index is 0.0143. The van der Waals surface area contributed by atoms with Gasteiger partial charge in [0.05, 0.1) is 6.54 Å². The fourth-order valence-corrected chi connectivity index (χ4v) is 3.22. The van der Waals surface area contributed by atoms with Crippen molar-refractivity contribution in [3.05, 3.63) is 57.2 Å². The number of nitrogens with one attached hydrogen (secondary N) is 3. The maximum Gasteiger partial charge on any atom is 0.238 e. The van der Waals surface area contributed by atoms with Crippen LogP contribution in [0.15, 0.2) is 41.8 Å². The molecule has 6 heteroatoms. The molecule has 1 fully saturated rings. The Labute approximate surface area is 132 Å². The lowest BCUT2D eigenvalue weighted by atomic mass is 10.0. The second-order valence-corrected chi connectivity index (χ2v) is 6.45. The van der Waals surface area contributed by atoms with Crippen LogP contribution in [0.4, 0.5) is 0 Å². The largest absolute Gasteiger partial charge is 0.350 e. The van der Waals surface area contributed by atoms with Gasteiger partial charge < -0.3 is 5.32 Å². The molecule has 1 amide bonds. The number of rotatable bonds is 4. The summed E-state index contributed by atoms with van der Waals surface area (Å²) in [6.07, 6.45) is 0.705. The average Bonchev–Trinajstić information content (AvgIpc) is 3.16. The van der Waals surface area contributed by atoms with Gasteiger partial charge in [0.1, 0.15) is 6.04 Å². The first-order valence-electron chi connectivity index (χ1n) is 6.79. The summed E-state index contributed by atoms with van der Waals surface area (Å²) in [6, 6.07) is 11.6. The minimum atomic E-state index is -0.228. The molecule has 0 radical (unpaired) electrons. The van der Waals surface area contributed by atoms with Crippen LogP contribution in [0, 0.1) is 0 Å². The Morgan fingerprint density at radius 1 is 1.33 bits per heavy atom. The van der Waals surface area contributed by atoms with E-state index in [1.54, 1.807) is 11.3 Å². The van der Waals surface area contributed by atoms with Gasteiger partial charge in [-0.25, -0.2) is 10.9 Å². The third kappa shape index (κ3) is 3.63. The van der Waals surface area contributed by atoms with Crippen LogP contribution >= 0.6 is 22.9 Å². The first-order valence-corrected chi connectivity index (χ1v) is 8.05. The summed E-state index contributed by atoms with van der Waals surface area (Å²) in [5, 5.41) is 5.67. The molecule has 0 saturated carbocycles. The van der Waals surface area contributed by atoms with Gasteiger partial charge in [-0.1, -0.05) is 29.8 Å². The Bertz CT molecular complexity index is 617. The second-order valence-electron chi connectivity index (χ2n) is 4.98. The molecule has 2 heterocycles. The zero-order valence-electron chi connectivity index (χ0n) is 11.3. The maximum atomic E-state index is 12.1. The van der Waals surface area contributed by atoms with E-state index >= 15 is 0 Å². The average molecular weight is 322 g/mol. The second kappa shape index (κ2) is 6.58. The maximum absolute atomic E-state index is 12.1. The lowest BCUT2D eigenvalue weighted by Gasteiger charge is -2.10. The molecule has 1 aliphatic heterocycles. The SMILES string of the molecule is O=C(NCc1cccs1)C1CC(c2cccc(Cl)c2)NN1. The number of benzene rings is 1. The first kappa shape index (κ1) is 14.5. The van der Waals surface area contributed by atoms with Crippen LogP contribution in [-0.4, -0.2) is 11.9 Å². The summed E-state index contributed by atoms with van der Waals surface area (Å²) >= 11 is 7.64. The monoisotopic (exact) mass is 321 g/mol. The van der Waals surface area contributed by atoms with E-state index in [-0.39, 0.29) is 18.0 Å². The number of carbonyl (C=O) groups is 1. The molecule has 1 aromatic carbocycles. The van der Waals surface area contributed by atoms with E-state index in [2.05, 4.69) is 16.2 Å². The molecule has 3 N–H and O–H groups in total. The molecule has 0 bridgehead atoms. The van der Waals surface area contributed by atoms with Crippen LogP contribution in [0.5, 0.6) is 0 Å². The third-order valence-electron chi connectivity index (χ3n) is 3.49. The summed E-state index contributed by atoms with van der Waals surface area (Å²) < 4.78 is 0. The van der Waals surface area contributed by atoms with Crippen molar-refractivity contribution in [1.29, 1.82) is 0 Å². The summed E-state index contributed by atoms with van der Waals surface area (Å²) in [5.74, 6) is 0.0143. The summed E-state index contributed by atoms with van der Waals surface area (Å²) in [5.41, 5.74) is 7.30. The van der Waals surface area contributed by atoms with Crippen molar-refractivity contribution in [3.63, 3.8) is 0 Å². The van der Waals surface area contributed by atoms with Gasteiger partial charge in [-0.2, -0.15) is 0 Å². The molecule has 0 aliphatic carbocycles. The summed E-state index contributed by atoms with van der Waals surface area (Å²) in [7, 11) is 0.